The molecule has 3 rings (SSSR count). The molecule has 0 N–H and O–H groups in total. The highest BCUT2D eigenvalue weighted by molar-refractivity contribution is 6.20. The molecule has 3 aromatic carbocycles. The van der Waals surface area contributed by atoms with E-state index in [-0.39, 0.29) is 0 Å². The summed E-state index contributed by atoms with van der Waals surface area (Å²) in [4.78, 5) is 11.0. The van der Waals surface area contributed by atoms with E-state index in [9.17, 15) is 10.1 Å². The molecule has 1 unspecified atom stereocenters. The zero-order valence-electron chi connectivity index (χ0n) is 16.9. The summed E-state index contributed by atoms with van der Waals surface area (Å²) in [5.41, 5.74) is 1.14. The molecule has 0 heterocycles. The maximum Gasteiger partial charge on any atom is 0.506 e. The summed E-state index contributed by atoms with van der Waals surface area (Å²) < 4.78 is 17.8. The van der Waals surface area contributed by atoms with Crippen LogP contribution in [0, 0.1) is 30.9 Å². The van der Waals surface area contributed by atoms with Gasteiger partial charge in [0.1, 0.15) is 17.2 Å². The molecule has 6 nitrogen and oxygen atoms in total. The highest BCUT2D eigenvalue weighted by Crippen LogP contribution is 2.32. The van der Waals surface area contributed by atoms with Gasteiger partial charge in [-0.3, -0.25) is 10.1 Å². The van der Waals surface area contributed by atoms with Crippen molar-refractivity contribution in [3.63, 3.8) is 0 Å². The number of aryl methyl sites for hydroxylation is 3. The topological polar surface area (TPSA) is 70.8 Å². The molecular weight excluding hydrogens is 406 g/mol. The molecule has 0 spiro atoms. The molecular formula is C23H22ClNO5. The quantitative estimate of drug-likeness (QED) is 0.153. The van der Waals surface area contributed by atoms with Gasteiger partial charge >= 0.3 is 11.5 Å². The van der Waals surface area contributed by atoms with Crippen LogP contribution in [0.3, 0.4) is 0 Å². The second-order valence-corrected chi connectivity index (χ2v) is 7.38. The third-order valence-corrected chi connectivity index (χ3v) is 4.75. The molecule has 0 aromatic heterocycles. The molecule has 30 heavy (non-hydrogen) atoms. The van der Waals surface area contributed by atoms with Crippen LogP contribution in [0.1, 0.15) is 16.7 Å². The minimum Gasteiger partial charge on any atom is -0.414 e. The Morgan fingerprint density at radius 2 is 0.967 bits per heavy atom. The second-order valence-electron chi connectivity index (χ2n) is 6.97. The van der Waals surface area contributed by atoms with E-state index in [1.807, 2.05) is 57.2 Å². The van der Waals surface area contributed by atoms with Crippen molar-refractivity contribution >= 4 is 11.6 Å². The van der Waals surface area contributed by atoms with Crippen molar-refractivity contribution in [3.05, 3.63) is 99.6 Å². The van der Waals surface area contributed by atoms with Gasteiger partial charge in [-0.05, 0) is 68.8 Å². The van der Waals surface area contributed by atoms with Gasteiger partial charge in [-0.2, -0.15) is 0 Å². The molecule has 7 heteroatoms. The third-order valence-electron chi connectivity index (χ3n) is 4.32. The molecule has 0 amide bonds. The number of hydrogen-bond donors (Lipinski definition) is 0. The van der Waals surface area contributed by atoms with Crippen LogP contribution in [0.25, 0.3) is 0 Å². The Kier molecular flexibility index (Phi) is 6.47. The number of alkyl halides is 1. The number of halogens is 1. The number of rotatable bonds is 8. The maximum atomic E-state index is 11.7. The maximum absolute atomic E-state index is 11.7. The molecule has 1 atom stereocenters. The van der Waals surface area contributed by atoms with Crippen molar-refractivity contribution in [3.8, 4) is 17.2 Å². The molecule has 0 bridgehead atoms. The first-order chi connectivity index (χ1) is 14.3. The van der Waals surface area contributed by atoms with Crippen LogP contribution < -0.4 is 14.2 Å². The highest BCUT2D eigenvalue weighted by atomic mass is 35.5. The van der Waals surface area contributed by atoms with Crippen LogP contribution >= 0.6 is 11.6 Å². The van der Waals surface area contributed by atoms with Crippen molar-refractivity contribution in [1.29, 1.82) is 0 Å². The van der Waals surface area contributed by atoms with Crippen LogP contribution in [0.4, 0.5) is 0 Å². The minimum atomic E-state index is -2.26. The Labute approximate surface area is 180 Å². The monoisotopic (exact) mass is 427 g/mol. The van der Waals surface area contributed by atoms with Crippen molar-refractivity contribution in [2.75, 3.05) is 0 Å². The van der Waals surface area contributed by atoms with Crippen LogP contribution in [0.15, 0.2) is 72.8 Å². The Morgan fingerprint density at radius 1 is 0.700 bits per heavy atom. The third kappa shape index (κ3) is 5.21. The summed E-state index contributed by atoms with van der Waals surface area (Å²) in [5, 5.41) is 11.7. The lowest BCUT2D eigenvalue weighted by atomic mass is 10.2. The number of ether oxygens (including phenoxy) is 3. The van der Waals surface area contributed by atoms with Gasteiger partial charge < -0.3 is 14.2 Å². The summed E-state index contributed by atoms with van der Waals surface area (Å²) in [6.45, 7) is 5.76. The van der Waals surface area contributed by atoms with Crippen molar-refractivity contribution in [1.82, 2.24) is 0 Å². The lowest BCUT2D eigenvalue weighted by molar-refractivity contribution is -0.550. The summed E-state index contributed by atoms with van der Waals surface area (Å²) in [7, 11) is 0. The molecule has 3 aromatic rings. The molecule has 0 aliphatic carbocycles. The Bertz CT molecular complexity index is 872. The number of nitrogens with zero attached hydrogens (tertiary/aromatic N) is 1. The van der Waals surface area contributed by atoms with E-state index in [0.29, 0.717) is 17.2 Å². The van der Waals surface area contributed by atoms with Gasteiger partial charge in [0.2, 0.25) is 0 Å². The second kappa shape index (κ2) is 9.05. The van der Waals surface area contributed by atoms with E-state index >= 15 is 0 Å². The van der Waals surface area contributed by atoms with Crippen LogP contribution in [0.2, 0.25) is 0 Å². The number of nitro groups is 1. The first-order valence-electron chi connectivity index (χ1n) is 9.32. The van der Waals surface area contributed by atoms with E-state index in [1.54, 1.807) is 36.4 Å². The fourth-order valence-corrected chi connectivity index (χ4v) is 2.78. The van der Waals surface area contributed by atoms with Crippen LogP contribution in [-0.2, 0) is 0 Å². The molecule has 0 fully saturated rings. The fourth-order valence-electron chi connectivity index (χ4n) is 2.65. The summed E-state index contributed by atoms with van der Waals surface area (Å²) in [6.07, 6.45) is 0. The SMILES string of the molecule is Cc1ccc(OC(Oc2ccc(C)cc2)(Oc2ccc(C)cc2)C(Cl)[N+](=O)[O-])cc1. The van der Waals surface area contributed by atoms with Crippen molar-refractivity contribution < 1.29 is 19.1 Å². The smallest absolute Gasteiger partial charge is 0.414 e. The van der Waals surface area contributed by atoms with E-state index in [4.69, 9.17) is 25.8 Å². The lowest BCUT2D eigenvalue weighted by Gasteiger charge is -2.33. The average molecular weight is 428 g/mol. The predicted molar refractivity (Wildman–Crippen MR) is 115 cm³/mol. The van der Waals surface area contributed by atoms with Crippen molar-refractivity contribution in [2.24, 2.45) is 0 Å². The molecule has 0 radical (unpaired) electrons. The normalized spacial score (nSPS) is 12.1. The largest absolute Gasteiger partial charge is 0.506 e. The van der Waals surface area contributed by atoms with Gasteiger partial charge in [-0.15, -0.1) is 0 Å². The fraction of sp³-hybridized carbons (Fsp3) is 0.217. The molecule has 0 saturated carbocycles. The van der Waals surface area contributed by atoms with Gasteiger partial charge in [0.25, 0.3) is 0 Å². The minimum absolute atomic E-state index is 0.312. The van der Waals surface area contributed by atoms with Gasteiger partial charge in [0, 0.05) is 0 Å². The van der Waals surface area contributed by atoms with Gasteiger partial charge in [0.15, 0.2) is 0 Å². The molecule has 0 saturated heterocycles. The molecule has 0 aliphatic heterocycles. The Morgan fingerprint density at radius 3 is 1.20 bits per heavy atom. The van der Waals surface area contributed by atoms with E-state index in [2.05, 4.69) is 0 Å². The summed E-state index contributed by atoms with van der Waals surface area (Å²) in [5.74, 6) is -1.32. The van der Waals surface area contributed by atoms with Gasteiger partial charge in [-0.1, -0.05) is 53.1 Å². The van der Waals surface area contributed by atoms with E-state index in [0.717, 1.165) is 16.7 Å². The zero-order valence-corrected chi connectivity index (χ0v) is 17.6. The first-order valence-corrected chi connectivity index (χ1v) is 9.76. The predicted octanol–water partition coefficient (Wildman–Crippen LogP) is 5.64. The lowest BCUT2D eigenvalue weighted by Crippen LogP contribution is -2.58. The van der Waals surface area contributed by atoms with E-state index < -0.39 is 16.4 Å². The summed E-state index contributed by atoms with van der Waals surface area (Å²) >= 11 is 6.21. The Hall–Kier alpha value is -3.25. The van der Waals surface area contributed by atoms with Crippen molar-refractivity contribution in [2.45, 2.75) is 32.2 Å². The number of hydrogen-bond acceptors (Lipinski definition) is 5. The Balaban J connectivity index is 2.07. The highest BCUT2D eigenvalue weighted by Gasteiger charge is 2.56. The van der Waals surface area contributed by atoms with E-state index in [1.165, 1.54) is 0 Å². The zero-order chi connectivity index (χ0) is 21.7. The first kappa shape index (κ1) is 21.5. The number of benzene rings is 3. The van der Waals surface area contributed by atoms with Crippen LogP contribution in [-0.4, -0.2) is 16.4 Å². The standard InChI is InChI=1S/C23H22ClNO5/c1-16-4-10-19(11-5-16)28-23(22(24)25(26)27,29-20-12-6-17(2)7-13-20)30-21-14-8-18(3)9-15-21/h4-15,22H,1-3H3. The van der Waals surface area contributed by atoms with Gasteiger partial charge in [0.05, 0.1) is 4.92 Å². The summed E-state index contributed by atoms with van der Waals surface area (Å²) in [6, 6.07) is 20.9. The molecule has 156 valence electrons. The molecule has 0 aliphatic rings. The van der Waals surface area contributed by atoms with Crippen LogP contribution in [0.5, 0.6) is 17.2 Å². The average Bonchev–Trinajstić information content (AvgIpc) is 2.72. The van der Waals surface area contributed by atoms with Gasteiger partial charge in [-0.25, -0.2) is 0 Å².